The summed E-state index contributed by atoms with van der Waals surface area (Å²) >= 11 is 0. The number of hydrogen-bond acceptors (Lipinski definition) is 5. The summed E-state index contributed by atoms with van der Waals surface area (Å²) < 4.78 is 5.56. The Balaban J connectivity index is 2.03. The first-order chi connectivity index (χ1) is 12.4. The Labute approximate surface area is 153 Å². The number of ether oxygens (including phenoxy) is 1. The van der Waals surface area contributed by atoms with E-state index in [4.69, 9.17) is 10.5 Å². The minimum atomic E-state index is -0.554. The molecule has 140 valence electrons. The minimum Gasteiger partial charge on any atom is -0.457 e. The summed E-state index contributed by atoms with van der Waals surface area (Å²) in [4.78, 5) is 39.5. The Hall–Kier alpha value is -2.67. The van der Waals surface area contributed by atoms with Crippen LogP contribution < -0.4 is 5.73 Å². The number of rotatable bonds is 7. The first kappa shape index (κ1) is 19.7. The summed E-state index contributed by atoms with van der Waals surface area (Å²) in [6, 6.07) is 8.62. The molecule has 1 aliphatic rings. The van der Waals surface area contributed by atoms with Crippen LogP contribution in [0.4, 0.5) is 0 Å². The molecular formula is C19H25N3O4. The van der Waals surface area contributed by atoms with Crippen LogP contribution in [-0.4, -0.2) is 67.4 Å². The quantitative estimate of drug-likeness (QED) is 0.570. The second-order valence-corrected chi connectivity index (χ2v) is 6.65. The number of nitrogens with zero attached hydrogens (tertiary/aromatic N) is 2. The van der Waals surface area contributed by atoms with E-state index in [-0.39, 0.29) is 24.8 Å². The van der Waals surface area contributed by atoms with Crippen molar-refractivity contribution in [1.82, 2.24) is 9.80 Å². The highest BCUT2D eigenvalue weighted by Crippen LogP contribution is 2.24. The van der Waals surface area contributed by atoms with Crippen molar-refractivity contribution < 1.29 is 19.1 Å². The predicted octanol–water partition coefficient (Wildman–Crippen LogP) is 0.664. The van der Waals surface area contributed by atoms with Crippen molar-refractivity contribution in [3.63, 3.8) is 0 Å². The number of carbonyl (C=O) groups excluding carboxylic acids is 3. The standard InChI is InChI=1S/C19H25N3O4/c1-21(2)10-6-9-18(24)22-12-15(11-17(20)23)16(13-22)26-19(25)14-7-4-3-5-8-14/h3-9,15-16H,10-13H2,1-2H3,(H2,20,23)/b9-6+/t15-,16+/m0/s1. The number of carbonyl (C=O) groups is 3. The molecule has 0 saturated carbocycles. The third-order valence-corrected chi connectivity index (χ3v) is 4.15. The van der Waals surface area contributed by atoms with E-state index < -0.39 is 18.0 Å². The van der Waals surface area contributed by atoms with Crippen LogP contribution in [0.1, 0.15) is 16.8 Å². The molecule has 2 amide bonds. The largest absolute Gasteiger partial charge is 0.457 e. The number of nitrogens with two attached hydrogens (primary N) is 1. The van der Waals surface area contributed by atoms with Crippen molar-refractivity contribution in [2.45, 2.75) is 12.5 Å². The van der Waals surface area contributed by atoms with E-state index in [0.717, 1.165) is 0 Å². The number of esters is 1. The second kappa shape index (κ2) is 9.15. The molecule has 7 heteroatoms. The predicted molar refractivity (Wildman–Crippen MR) is 97.2 cm³/mol. The van der Waals surface area contributed by atoms with E-state index in [1.54, 1.807) is 35.2 Å². The molecule has 7 nitrogen and oxygen atoms in total. The molecule has 1 aromatic rings. The third kappa shape index (κ3) is 5.70. The van der Waals surface area contributed by atoms with Crippen molar-refractivity contribution in [2.24, 2.45) is 11.7 Å². The monoisotopic (exact) mass is 359 g/mol. The minimum absolute atomic E-state index is 0.0674. The van der Waals surface area contributed by atoms with E-state index in [1.165, 1.54) is 6.08 Å². The third-order valence-electron chi connectivity index (χ3n) is 4.15. The summed E-state index contributed by atoms with van der Waals surface area (Å²) in [7, 11) is 3.82. The van der Waals surface area contributed by atoms with Crippen LogP contribution in [0.2, 0.25) is 0 Å². The van der Waals surface area contributed by atoms with Crippen LogP contribution in [-0.2, 0) is 14.3 Å². The lowest BCUT2D eigenvalue weighted by Crippen LogP contribution is -2.30. The SMILES string of the molecule is CN(C)C/C=C/C(=O)N1C[C@H](CC(N)=O)[C@H](OC(=O)c2ccccc2)C1. The van der Waals surface area contributed by atoms with E-state index >= 15 is 0 Å². The van der Waals surface area contributed by atoms with Gasteiger partial charge in [0.1, 0.15) is 6.10 Å². The van der Waals surface area contributed by atoms with Crippen molar-refractivity contribution in [1.29, 1.82) is 0 Å². The Morgan fingerprint density at radius 3 is 2.54 bits per heavy atom. The number of primary amides is 1. The molecule has 26 heavy (non-hydrogen) atoms. The van der Waals surface area contributed by atoms with Gasteiger partial charge in [0.25, 0.3) is 0 Å². The fourth-order valence-electron chi connectivity index (χ4n) is 2.86. The molecule has 2 atom stereocenters. The average molecular weight is 359 g/mol. The molecule has 1 heterocycles. The van der Waals surface area contributed by atoms with Gasteiger partial charge in [-0.2, -0.15) is 0 Å². The fraction of sp³-hybridized carbons (Fsp3) is 0.421. The Bertz CT molecular complexity index is 673. The van der Waals surface area contributed by atoms with Gasteiger partial charge < -0.3 is 20.3 Å². The van der Waals surface area contributed by atoms with Crippen LogP contribution in [0, 0.1) is 5.92 Å². The Morgan fingerprint density at radius 1 is 1.23 bits per heavy atom. The maximum Gasteiger partial charge on any atom is 0.338 e. The van der Waals surface area contributed by atoms with Crippen LogP contribution in [0.25, 0.3) is 0 Å². The molecule has 0 bridgehead atoms. The molecule has 0 spiro atoms. The zero-order chi connectivity index (χ0) is 19.1. The van der Waals surface area contributed by atoms with Crippen LogP contribution >= 0.6 is 0 Å². The fourth-order valence-corrected chi connectivity index (χ4v) is 2.86. The highest BCUT2D eigenvalue weighted by Gasteiger charge is 2.38. The molecule has 2 rings (SSSR count). The van der Waals surface area contributed by atoms with Gasteiger partial charge in [0.05, 0.1) is 12.1 Å². The molecule has 0 aliphatic carbocycles. The smallest absolute Gasteiger partial charge is 0.338 e. The summed E-state index contributed by atoms with van der Waals surface area (Å²) in [6.45, 7) is 1.24. The highest BCUT2D eigenvalue weighted by molar-refractivity contribution is 5.90. The van der Waals surface area contributed by atoms with Gasteiger partial charge in [-0.25, -0.2) is 4.79 Å². The summed E-state index contributed by atoms with van der Waals surface area (Å²) in [5.41, 5.74) is 5.74. The van der Waals surface area contributed by atoms with Crippen LogP contribution in [0.3, 0.4) is 0 Å². The Kier molecular flexibility index (Phi) is 6.91. The van der Waals surface area contributed by atoms with Crippen molar-refractivity contribution >= 4 is 17.8 Å². The topological polar surface area (TPSA) is 92.9 Å². The van der Waals surface area contributed by atoms with Crippen LogP contribution in [0.5, 0.6) is 0 Å². The van der Waals surface area contributed by atoms with E-state index in [0.29, 0.717) is 18.7 Å². The summed E-state index contributed by atoms with van der Waals surface area (Å²) in [5.74, 6) is -1.42. The van der Waals surface area contributed by atoms with Crippen molar-refractivity contribution in [3.05, 3.63) is 48.0 Å². The molecular weight excluding hydrogens is 334 g/mol. The van der Waals surface area contributed by atoms with Gasteiger partial charge in [-0.15, -0.1) is 0 Å². The number of benzene rings is 1. The summed E-state index contributed by atoms with van der Waals surface area (Å²) in [5, 5.41) is 0. The average Bonchev–Trinajstić information content (AvgIpc) is 2.97. The van der Waals surface area contributed by atoms with Gasteiger partial charge >= 0.3 is 5.97 Å². The van der Waals surface area contributed by atoms with Crippen LogP contribution in [0.15, 0.2) is 42.5 Å². The van der Waals surface area contributed by atoms with E-state index in [9.17, 15) is 14.4 Å². The van der Waals surface area contributed by atoms with Gasteiger partial charge in [0, 0.05) is 31.5 Å². The summed E-state index contributed by atoms with van der Waals surface area (Å²) in [6.07, 6.45) is 2.79. The zero-order valence-electron chi connectivity index (χ0n) is 15.1. The molecule has 0 unspecified atom stereocenters. The number of likely N-dealkylation sites (tertiary alicyclic amines) is 1. The first-order valence-corrected chi connectivity index (χ1v) is 8.51. The van der Waals surface area contributed by atoms with Crippen molar-refractivity contribution in [2.75, 3.05) is 33.7 Å². The normalized spacial score (nSPS) is 19.9. The van der Waals surface area contributed by atoms with Crippen molar-refractivity contribution in [3.8, 4) is 0 Å². The number of hydrogen-bond donors (Lipinski definition) is 1. The molecule has 1 fully saturated rings. The maximum atomic E-state index is 12.3. The maximum absolute atomic E-state index is 12.3. The molecule has 1 aliphatic heterocycles. The van der Waals surface area contributed by atoms with Gasteiger partial charge in [-0.1, -0.05) is 24.3 Å². The van der Waals surface area contributed by atoms with Gasteiger partial charge in [0.15, 0.2) is 0 Å². The number of likely N-dealkylation sites (N-methyl/N-ethyl adjacent to an activating group) is 1. The lowest BCUT2D eigenvalue weighted by atomic mass is 10.0. The molecule has 0 radical (unpaired) electrons. The number of amides is 2. The Morgan fingerprint density at radius 2 is 1.92 bits per heavy atom. The van der Waals surface area contributed by atoms with Gasteiger partial charge in [-0.3, -0.25) is 9.59 Å². The highest BCUT2D eigenvalue weighted by atomic mass is 16.5. The second-order valence-electron chi connectivity index (χ2n) is 6.65. The van der Waals surface area contributed by atoms with Gasteiger partial charge in [0.2, 0.25) is 11.8 Å². The van der Waals surface area contributed by atoms with E-state index in [1.807, 2.05) is 25.1 Å². The zero-order valence-corrected chi connectivity index (χ0v) is 15.1. The van der Waals surface area contributed by atoms with E-state index in [2.05, 4.69) is 0 Å². The lowest BCUT2D eigenvalue weighted by molar-refractivity contribution is -0.125. The first-order valence-electron chi connectivity index (χ1n) is 8.51. The lowest BCUT2D eigenvalue weighted by Gasteiger charge is -2.17. The molecule has 1 saturated heterocycles. The molecule has 1 aromatic carbocycles. The van der Waals surface area contributed by atoms with Gasteiger partial charge in [-0.05, 0) is 26.2 Å². The molecule has 2 N–H and O–H groups in total. The molecule has 0 aromatic heterocycles.